The fraction of sp³-hybridized carbons (Fsp3) is 0.400. The first kappa shape index (κ1) is 22.5. The highest BCUT2D eigenvalue weighted by atomic mass is 32.2. The molecule has 2 aromatic carbocycles. The molecule has 168 valence electrons. The van der Waals surface area contributed by atoms with Crippen molar-refractivity contribution in [1.29, 1.82) is 0 Å². The first-order chi connectivity index (χ1) is 15.4. The molecule has 4 rings (SSSR count). The van der Waals surface area contributed by atoms with Gasteiger partial charge in [0.2, 0.25) is 15.9 Å². The molecule has 3 atom stereocenters. The summed E-state index contributed by atoms with van der Waals surface area (Å²) in [5.41, 5.74) is 2.55. The Hall–Kier alpha value is -2.66. The number of fused-ring (bicyclic) bond motifs is 1. The molecule has 2 fully saturated rings. The Bertz CT molecular complexity index is 1160. The van der Waals surface area contributed by atoms with Crippen LogP contribution < -0.4 is 0 Å². The number of rotatable bonds is 5. The smallest absolute Gasteiger partial charge is 0.243 e. The van der Waals surface area contributed by atoms with Crippen LogP contribution in [0.25, 0.3) is 0 Å². The highest BCUT2D eigenvalue weighted by Crippen LogP contribution is 2.43. The van der Waals surface area contributed by atoms with Gasteiger partial charge < -0.3 is 10.0 Å². The number of amides is 1. The monoisotopic (exact) mass is 452 g/mol. The maximum atomic E-state index is 13.3. The number of carbonyl (C=O) groups excluding carboxylic acids is 1. The minimum absolute atomic E-state index is 0.128. The van der Waals surface area contributed by atoms with Gasteiger partial charge >= 0.3 is 0 Å². The largest absolute Gasteiger partial charge is 0.394 e. The van der Waals surface area contributed by atoms with Gasteiger partial charge in [-0.3, -0.25) is 4.79 Å². The molecular weight excluding hydrogens is 424 g/mol. The second-order valence-corrected chi connectivity index (χ2v) is 10.3. The lowest BCUT2D eigenvalue weighted by atomic mass is 9.74. The van der Waals surface area contributed by atoms with Crippen molar-refractivity contribution in [3.63, 3.8) is 0 Å². The van der Waals surface area contributed by atoms with E-state index in [1.807, 2.05) is 24.3 Å². The van der Waals surface area contributed by atoms with Crippen molar-refractivity contribution >= 4 is 15.9 Å². The van der Waals surface area contributed by atoms with Crippen LogP contribution in [0.15, 0.2) is 53.4 Å². The number of piperazine rings is 1. The van der Waals surface area contributed by atoms with Crippen LogP contribution in [0.5, 0.6) is 0 Å². The number of sulfonamides is 1. The van der Waals surface area contributed by atoms with Crippen molar-refractivity contribution in [2.75, 3.05) is 19.7 Å². The number of aryl methyl sites for hydroxylation is 1. The maximum absolute atomic E-state index is 13.3. The van der Waals surface area contributed by atoms with Crippen molar-refractivity contribution in [1.82, 2.24) is 9.21 Å². The minimum atomic E-state index is -3.79. The third kappa shape index (κ3) is 3.95. The summed E-state index contributed by atoms with van der Waals surface area (Å²) in [6.07, 6.45) is 1.86. The van der Waals surface area contributed by atoms with Crippen molar-refractivity contribution < 1.29 is 18.3 Å². The fourth-order valence-corrected chi connectivity index (χ4v) is 6.35. The summed E-state index contributed by atoms with van der Waals surface area (Å²) >= 11 is 0. The van der Waals surface area contributed by atoms with Crippen LogP contribution >= 0.6 is 0 Å². The van der Waals surface area contributed by atoms with Gasteiger partial charge in [-0.25, -0.2) is 8.42 Å². The Balaban J connectivity index is 1.60. The third-order valence-corrected chi connectivity index (χ3v) is 8.31. The Labute approximate surface area is 189 Å². The van der Waals surface area contributed by atoms with Crippen LogP contribution in [-0.2, 0) is 14.8 Å². The Morgan fingerprint density at radius 3 is 2.50 bits per heavy atom. The van der Waals surface area contributed by atoms with Crippen molar-refractivity contribution in [3.8, 4) is 11.8 Å². The van der Waals surface area contributed by atoms with Gasteiger partial charge in [-0.05, 0) is 42.7 Å². The van der Waals surface area contributed by atoms with E-state index in [1.54, 1.807) is 36.1 Å². The zero-order valence-electron chi connectivity index (χ0n) is 18.4. The van der Waals surface area contributed by atoms with E-state index in [-0.39, 0.29) is 48.5 Å². The summed E-state index contributed by atoms with van der Waals surface area (Å²) < 4.78 is 27.9. The number of hydrogen-bond acceptors (Lipinski definition) is 4. The van der Waals surface area contributed by atoms with Gasteiger partial charge in [0.25, 0.3) is 0 Å². The van der Waals surface area contributed by atoms with Crippen molar-refractivity contribution in [2.45, 2.75) is 49.6 Å². The summed E-state index contributed by atoms with van der Waals surface area (Å²) in [6, 6.07) is 14.0. The van der Waals surface area contributed by atoms with Crippen molar-refractivity contribution in [2.24, 2.45) is 0 Å². The summed E-state index contributed by atoms with van der Waals surface area (Å²) in [7, 11) is -3.79. The zero-order chi connectivity index (χ0) is 22.9. The molecule has 1 N–H and O–H groups in total. The van der Waals surface area contributed by atoms with Gasteiger partial charge in [0, 0.05) is 24.4 Å². The normalized spacial score (nSPS) is 23.2. The van der Waals surface area contributed by atoms with Crippen LogP contribution in [0.4, 0.5) is 0 Å². The second-order valence-electron chi connectivity index (χ2n) is 8.38. The van der Waals surface area contributed by atoms with E-state index >= 15 is 0 Å². The summed E-state index contributed by atoms with van der Waals surface area (Å²) in [5.74, 6) is 5.86. The number of nitrogens with zero attached hydrogens (tertiary/aromatic N) is 2. The van der Waals surface area contributed by atoms with Crippen LogP contribution in [-0.4, -0.2) is 60.4 Å². The second kappa shape index (κ2) is 9.07. The summed E-state index contributed by atoms with van der Waals surface area (Å²) in [5, 5.41) is 9.96. The molecule has 0 unspecified atom stereocenters. The number of aliphatic hydroxyl groups is 1. The van der Waals surface area contributed by atoms with E-state index in [0.29, 0.717) is 5.56 Å². The van der Waals surface area contributed by atoms with Gasteiger partial charge in [0.1, 0.15) is 0 Å². The highest BCUT2D eigenvalue weighted by molar-refractivity contribution is 7.89. The van der Waals surface area contributed by atoms with Crippen LogP contribution in [0.2, 0.25) is 0 Å². The van der Waals surface area contributed by atoms with Gasteiger partial charge in [-0.15, -0.1) is 0 Å². The van der Waals surface area contributed by atoms with E-state index in [1.165, 1.54) is 4.31 Å². The molecule has 2 aromatic rings. The molecule has 6 nitrogen and oxygen atoms in total. The van der Waals surface area contributed by atoms with E-state index in [2.05, 4.69) is 18.8 Å². The minimum Gasteiger partial charge on any atom is -0.394 e. The van der Waals surface area contributed by atoms with Crippen LogP contribution in [0.1, 0.15) is 42.4 Å². The lowest BCUT2D eigenvalue weighted by molar-refractivity contribution is -0.158. The van der Waals surface area contributed by atoms with E-state index in [0.717, 1.165) is 24.0 Å². The molecule has 0 aromatic heterocycles. The SMILES string of the molecule is CCCC#Cc1ccc([C@@H]2[C@@H](CO)N3C(=O)CN(S(=O)(=O)c4ccccc4C)C[C@H]23)cc1. The summed E-state index contributed by atoms with van der Waals surface area (Å²) in [6.45, 7) is 3.69. The van der Waals surface area contributed by atoms with Crippen LogP contribution in [0, 0.1) is 18.8 Å². The van der Waals surface area contributed by atoms with Gasteiger partial charge in [0.05, 0.1) is 30.1 Å². The molecule has 0 spiro atoms. The standard InChI is InChI=1S/C25H28N2O4S/c1-3-4-5-9-19-11-13-20(14-12-19)25-21-15-26(16-24(29)27(21)22(25)17-28)32(30,31)23-10-7-6-8-18(23)2/h6-8,10-14,21-22,25,28H,3-4,15-17H2,1-2H3/t21-,22-,25+/m1/s1. The van der Waals surface area contributed by atoms with E-state index in [9.17, 15) is 18.3 Å². The first-order valence-corrected chi connectivity index (χ1v) is 12.4. The number of benzene rings is 2. The molecule has 2 aliphatic heterocycles. The quantitative estimate of drug-likeness (QED) is 0.707. The Kier molecular flexibility index (Phi) is 6.38. The predicted octanol–water partition coefficient (Wildman–Crippen LogP) is 2.51. The fourth-order valence-electron chi connectivity index (χ4n) is 4.72. The average molecular weight is 453 g/mol. The topological polar surface area (TPSA) is 77.9 Å². The molecule has 2 heterocycles. The number of aliphatic hydroxyl groups excluding tert-OH is 1. The first-order valence-electron chi connectivity index (χ1n) is 10.9. The summed E-state index contributed by atoms with van der Waals surface area (Å²) in [4.78, 5) is 14.8. The highest BCUT2D eigenvalue weighted by Gasteiger charge is 2.55. The molecule has 0 aliphatic carbocycles. The molecular formula is C25H28N2O4S. The molecule has 0 saturated carbocycles. The zero-order valence-corrected chi connectivity index (χ0v) is 19.2. The van der Waals surface area contributed by atoms with Crippen molar-refractivity contribution in [3.05, 3.63) is 65.2 Å². The molecule has 1 amide bonds. The lowest BCUT2D eigenvalue weighted by Crippen LogP contribution is -2.73. The number of unbranched alkanes of at least 4 members (excludes halogenated alkanes) is 1. The molecule has 0 radical (unpaired) electrons. The maximum Gasteiger partial charge on any atom is 0.243 e. The molecule has 32 heavy (non-hydrogen) atoms. The van der Waals surface area contributed by atoms with Gasteiger partial charge in [-0.2, -0.15) is 4.31 Å². The molecule has 2 aliphatic rings. The number of carbonyl (C=O) groups is 1. The Morgan fingerprint density at radius 1 is 1.12 bits per heavy atom. The van der Waals surface area contributed by atoms with Crippen LogP contribution in [0.3, 0.4) is 0 Å². The third-order valence-electron chi connectivity index (χ3n) is 6.34. The molecule has 7 heteroatoms. The predicted molar refractivity (Wildman–Crippen MR) is 122 cm³/mol. The molecule has 2 saturated heterocycles. The van der Waals surface area contributed by atoms with E-state index < -0.39 is 10.0 Å². The van der Waals surface area contributed by atoms with E-state index in [4.69, 9.17) is 0 Å². The molecule has 0 bridgehead atoms. The number of hydrogen-bond donors (Lipinski definition) is 1. The Morgan fingerprint density at radius 2 is 1.84 bits per heavy atom. The van der Waals surface area contributed by atoms with Gasteiger partial charge in [0.15, 0.2) is 0 Å². The van der Waals surface area contributed by atoms with Gasteiger partial charge in [-0.1, -0.05) is 49.1 Å². The average Bonchev–Trinajstić information content (AvgIpc) is 2.76. The lowest BCUT2D eigenvalue weighted by Gasteiger charge is -2.58.